The van der Waals surface area contributed by atoms with Crippen molar-refractivity contribution < 1.29 is 18.0 Å². The van der Waals surface area contributed by atoms with Gasteiger partial charge in [0.15, 0.2) is 9.84 Å². The van der Waals surface area contributed by atoms with Gasteiger partial charge in [-0.2, -0.15) is 0 Å². The SMILES string of the molecule is CON(C)C(=O)C1CC2CCC(C1)S2(=O)=O. The van der Waals surface area contributed by atoms with Crippen LogP contribution in [0.3, 0.4) is 0 Å². The molecule has 2 rings (SSSR count). The molecule has 0 aliphatic carbocycles. The first-order chi connectivity index (χ1) is 7.46. The van der Waals surface area contributed by atoms with Gasteiger partial charge in [0.2, 0.25) is 5.91 Å². The van der Waals surface area contributed by atoms with Gasteiger partial charge in [0.1, 0.15) is 0 Å². The van der Waals surface area contributed by atoms with Crippen LogP contribution < -0.4 is 0 Å². The summed E-state index contributed by atoms with van der Waals surface area (Å²) in [5.74, 6) is -0.291. The normalized spacial score (nSPS) is 36.0. The molecule has 2 heterocycles. The highest BCUT2D eigenvalue weighted by Gasteiger charge is 2.48. The lowest BCUT2D eigenvalue weighted by Crippen LogP contribution is -2.41. The lowest BCUT2D eigenvalue weighted by atomic mass is 9.98. The monoisotopic (exact) mass is 247 g/mol. The average molecular weight is 247 g/mol. The predicted octanol–water partition coefficient (Wildman–Crippen LogP) is 0.362. The maximum Gasteiger partial charge on any atom is 0.249 e. The topological polar surface area (TPSA) is 63.7 Å². The van der Waals surface area contributed by atoms with Crippen molar-refractivity contribution in [3.05, 3.63) is 0 Å². The number of rotatable bonds is 2. The smallest absolute Gasteiger partial charge is 0.249 e. The van der Waals surface area contributed by atoms with Gasteiger partial charge in [-0.25, -0.2) is 13.5 Å². The molecule has 2 aliphatic rings. The molecule has 0 radical (unpaired) electrons. The highest BCUT2D eigenvalue weighted by atomic mass is 32.2. The highest BCUT2D eigenvalue weighted by Crippen LogP contribution is 2.41. The quantitative estimate of drug-likeness (QED) is 0.661. The van der Waals surface area contributed by atoms with Crippen molar-refractivity contribution in [1.82, 2.24) is 5.06 Å². The van der Waals surface area contributed by atoms with E-state index in [0.29, 0.717) is 25.7 Å². The molecule has 1 amide bonds. The molecule has 0 aromatic rings. The van der Waals surface area contributed by atoms with Crippen LogP contribution in [-0.2, 0) is 19.5 Å². The van der Waals surface area contributed by atoms with Gasteiger partial charge in [0.05, 0.1) is 17.6 Å². The summed E-state index contributed by atoms with van der Waals surface area (Å²) in [7, 11) is 0.0600. The third kappa shape index (κ3) is 1.73. The zero-order valence-electron chi connectivity index (χ0n) is 9.55. The van der Waals surface area contributed by atoms with E-state index < -0.39 is 9.84 Å². The summed E-state index contributed by atoms with van der Waals surface area (Å²) in [4.78, 5) is 16.7. The fourth-order valence-electron chi connectivity index (χ4n) is 2.76. The Hall–Kier alpha value is -0.620. The van der Waals surface area contributed by atoms with E-state index in [2.05, 4.69) is 0 Å². The van der Waals surface area contributed by atoms with Crippen molar-refractivity contribution in [3.63, 3.8) is 0 Å². The Bertz CT molecular complexity index is 372. The second-order valence-electron chi connectivity index (χ2n) is 4.60. The molecular weight excluding hydrogens is 230 g/mol. The van der Waals surface area contributed by atoms with Crippen LogP contribution in [0.2, 0.25) is 0 Å². The van der Waals surface area contributed by atoms with Crippen molar-refractivity contribution in [2.24, 2.45) is 5.92 Å². The van der Waals surface area contributed by atoms with Crippen LogP contribution >= 0.6 is 0 Å². The second-order valence-corrected chi connectivity index (χ2v) is 7.11. The molecule has 2 atom stereocenters. The summed E-state index contributed by atoms with van der Waals surface area (Å²) in [6, 6.07) is 0. The van der Waals surface area contributed by atoms with Gasteiger partial charge in [-0.3, -0.25) is 9.63 Å². The molecule has 92 valence electrons. The van der Waals surface area contributed by atoms with Crippen LogP contribution in [0.4, 0.5) is 0 Å². The Balaban J connectivity index is 2.12. The molecule has 5 nitrogen and oxygen atoms in total. The van der Waals surface area contributed by atoms with Gasteiger partial charge >= 0.3 is 0 Å². The molecule has 2 saturated heterocycles. The molecular formula is C10H17NO4S. The zero-order valence-corrected chi connectivity index (χ0v) is 10.4. The van der Waals surface area contributed by atoms with E-state index in [1.165, 1.54) is 12.2 Å². The first-order valence-electron chi connectivity index (χ1n) is 5.51. The first-order valence-corrected chi connectivity index (χ1v) is 7.12. The number of carbonyl (C=O) groups excluding carboxylic acids is 1. The number of carbonyl (C=O) groups is 1. The maximum absolute atomic E-state index is 11.9. The standard InChI is InChI=1S/C10H17NO4S/c1-11(15-2)10(12)7-5-8-3-4-9(6-7)16(8,13)14/h7-9H,3-6H2,1-2H3. The number of nitrogens with zero attached hydrogens (tertiary/aromatic N) is 1. The summed E-state index contributed by atoms with van der Waals surface area (Å²) in [5.41, 5.74) is 0. The summed E-state index contributed by atoms with van der Waals surface area (Å²) >= 11 is 0. The third-order valence-electron chi connectivity index (χ3n) is 3.77. The molecule has 0 aromatic heterocycles. The van der Waals surface area contributed by atoms with E-state index in [9.17, 15) is 13.2 Å². The van der Waals surface area contributed by atoms with Crippen molar-refractivity contribution in [2.75, 3.05) is 14.2 Å². The van der Waals surface area contributed by atoms with Crippen molar-refractivity contribution in [1.29, 1.82) is 0 Å². The lowest BCUT2D eigenvalue weighted by Gasteiger charge is -2.29. The molecule has 2 unspecified atom stereocenters. The van der Waals surface area contributed by atoms with E-state index in [-0.39, 0.29) is 22.3 Å². The predicted molar refractivity (Wildman–Crippen MR) is 58.2 cm³/mol. The van der Waals surface area contributed by atoms with Crippen LogP contribution in [0.5, 0.6) is 0 Å². The highest BCUT2D eigenvalue weighted by molar-refractivity contribution is 7.93. The Morgan fingerprint density at radius 3 is 2.19 bits per heavy atom. The number of fused-ring (bicyclic) bond motifs is 2. The van der Waals surface area contributed by atoms with Gasteiger partial charge in [-0.15, -0.1) is 0 Å². The molecule has 0 N–H and O–H groups in total. The van der Waals surface area contributed by atoms with Crippen LogP contribution in [-0.4, -0.2) is 44.0 Å². The van der Waals surface area contributed by atoms with Crippen LogP contribution in [0.1, 0.15) is 25.7 Å². The maximum atomic E-state index is 11.9. The van der Waals surface area contributed by atoms with Gasteiger partial charge in [0.25, 0.3) is 0 Å². The van der Waals surface area contributed by atoms with Crippen LogP contribution in [0.25, 0.3) is 0 Å². The van der Waals surface area contributed by atoms with E-state index in [4.69, 9.17) is 4.84 Å². The van der Waals surface area contributed by atoms with Gasteiger partial charge < -0.3 is 0 Å². The molecule has 0 spiro atoms. The Kier molecular flexibility index (Phi) is 2.96. The minimum atomic E-state index is -2.94. The minimum Gasteiger partial charge on any atom is -0.275 e. The Labute approximate surface area is 95.6 Å². The van der Waals surface area contributed by atoms with Gasteiger partial charge in [-0.05, 0) is 25.7 Å². The second kappa shape index (κ2) is 4.00. The summed E-state index contributed by atoms with van der Waals surface area (Å²) < 4.78 is 23.7. The molecule has 2 aliphatic heterocycles. The number of sulfone groups is 1. The van der Waals surface area contributed by atoms with Crippen molar-refractivity contribution in [2.45, 2.75) is 36.2 Å². The third-order valence-corrected chi connectivity index (χ3v) is 6.48. The minimum absolute atomic E-state index is 0.103. The van der Waals surface area contributed by atoms with Gasteiger partial charge in [-0.1, -0.05) is 0 Å². The molecule has 0 saturated carbocycles. The largest absolute Gasteiger partial charge is 0.275 e. The number of hydroxylamine groups is 2. The lowest BCUT2D eigenvalue weighted by molar-refractivity contribution is -0.173. The van der Waals surface area contributed by atoms with Crippen LogP contribution in [0.15, 0.2) is 0 Å². The summed E-state index contributed by atoms with van der Waals surface area (Å²) in [6.45, 7) is 0. The fourth-order valence-corrected chi connectivity index (χ4v) is 5.23. The molecule has 2 fully saturated rings. The Morgan fingerprint density at radius 2 is 1.75 bits per heavy atom. The van der Waals surface area contributed by atoms with E-state index in [1.54, 1.807) is 7.05 Å². The summed E-state index contributed by atoms with van der Waals surface area (Å²) in [6.07, 6.45) is 2.36. The van der Waals surface area contributed by atoms with E-state index >= 15 is 0 Å². The number of hydrogen-bond donors (Lipinski definition) is 0. The fraction of sp³-hybridized carbons (Fsp3) is 0.900. The number of hydrogen-bond acceptors (Lipinski definition) is 4. The first kappa shape index (κ1) is 11.9. The number of amides is 1. The molecule has 16 heavy (non-hydrogen) atoms. The molecule has 0 aromatic carbocycles. The molecule has 2 bridgehead atoms. The zero-order chi connectivity index (χ0) is 11.9. The van der Waals surface area contributed by atoms with Crippen molar-refractivity contribution in [3.8, 4) is 0 Å². The molecule has 6 heteroatoms. The van der Waals surface area contributed by atoms with Crippen molar-refractivity contribution >= 4 is 15.7 Å². The average Bonchev–Trinajstić information content (AvgIpc) is 2.48. The summed E-state index contributed by atoms with van der Waals surface area (Å²) in [5, 5.41) is 0.595. The van der Waals surface area contributed by atoms with Gasteiger partial charge in [0, 0.05) is 13.0 Å². The van der Waals surface area contributed by atoms with Crippen LogP contribution in [0, 0.1) is 5.92 Å². The van der Waals surface area contributed by atoms with E-state index in [1.807, 2.05) is 0 Å². The van der Waals surface area contributed by atoms with E-state index in [0.717, 1.165) is 0 Å². The Morgan fingerprint density at radius 1 is 1.25 bits per heavy atom.